The molecule has 2 heterocycles. The van der Waals surface area contributed by atoms with Crippen molar-refractivity contribution in [3.8, 4) is 28.5 Å². The van der Waals surface area contributed by atoms with Crippen LogP contribution in [0.2, 0.25) is 5.02 Å². The van der Waals surface area contributed by atoms with Gasteiger partial charge in [-0.15, -0.1) is 13.2 Å². The van der Waals surface area contributed by atoms with Gasteiger partial charge in [0, 0.05) is 40.3 Å². The fourth-order valence-electron chi connectivity index (χ4n) is 4.57. The molecular weight excluding hydrogens is 521 g/mol. The summed E-state index contributed by atoms with van der Waals surface area (Å²) in [5.41, 5.74) is 3.85. The van der Waals surface area contributed by atoms with Crippen LogP contribution in [0.5, 0.6) is 17.2 Å². The maximum absolute atomic E-state index is 13.0. The predicted molar refractivity (Wildman–Crippen MR) is 139 cm³/mol. The number of fused-ring (bicyclic) bond motifs is 2. The maximum Gasteiger partial charge on any atom is 0.573 e. The van der Waals surface area contributed by atoms with Crippen LogP contribution >= 0.6 is 11.6 Å². The summed E-state index contributed by atoms with van der Waals surface area (Å²) in [6.45, 7) is 6.00. The van der Waals surface area contributed by atoms with Crippen LogP contribution in [0.4, 0.5) is 13.2 Å². The molecule has 198 valence electrons. The van der Waals surface area contributed by atoms with E-state index in [-0.39, 0.29) is 18.4 Å². The number of nitrogens with zero attached hydrogens (tertiary/aromatic N) is 2. The summed E-state index contributed by atoms with van der Waals surface area (Å²) in [7, 11) is 1.56. The van der Waals surface area contributed by atoms with Gasteiger partial charge in [0.1, 0.15) is 22.9 Å². The van der Waals surface area contributed by atoms with E-state index < -0.39 is 6.36 Å². The first-order valence-corrected chi connectivity index (χ1v) is 12.2. The molecule has 0 N–H and O–H groups in total. The lowest BCUT2D eigenvalue weighted by Crippen LogP contribution is -2.17. The maximum atomic E-state index is 13.0. The minimum absolute atomic E-state index is 0.0362. The van der Waals surface area contributed by atoms with E-state index in [1.165, 1.54) is 12.1 Å². The van der Waals surface area contributed by atoms with Gasteiger partial charge in [0.25, 0.3) is 0 Å². The highest BCUT2D eigenvalue weighted by molar-refractivity contribution is 6.31. The molecule has 0 radical (unpaired) electrons. The van der Waals surface area contributed by atoms with Crippen LogP contribution in [0.3, 0.4) is 0 Å². The van der Waals surface area contributed by atoms with Crippen LogP contribution in [0.1, 0.15) is 25.1 Å². The molecule has 0 fully saturated rings. The molecule has 0 saturated carbocycles. The van der Waals surface area contributed by atoms with Gasteiger partial charge < -0.3 is 23.3 Å². The topological polar surface area (TPSA) is 58.7 Å². The normalized spacial score (nSPS) is 12.0. The lowest BCUT2D eigenvalue weighted by Gasteiger charge is -2.15. The molecule has 0 spiro atoms. The summed E-state index contributed by atoms with van der Waals surface area (Å²) >= 11 is 6.54. The average molecular weight is 545 g/mol. The quantitative estimate of drug-likeness (QED) is 0.207. The third kappa shape index (κ3) is 4.98. The van der Waals surface area contributed by atoms with Gasteiger partial charge in [0.05, 0.1) is 24.1 Å². The molecule has 2 aromatic heterocycles. The Labute approximate surface area is 221 Å². The molecule has 0 saturated heterocycles. The summed E-state index contributed by atoms with van der Waals surface area (Å²) < 4.78 is 61.9. The van der Waals surface area contributed by atoms with E-state index in [9.17, 15) is 13.2 Å². The van der Waals surface area contributed by atoms with E-state index in [1.54, 1.807) is 37.4 Å². The zero-order valence-electron chi connectivity index (χ0n) is 21.0. The molecule has 38 heavy (non-hydrogen) atoms. The molecule has 6 nitrogen and oxygen atoms in total. The number of rotatable bonds is 7. The lowest BCUT2D eigenvalue weighted by molar-refractivity contribution is -0.274. The first kappa shape index (κ1) is 25.8. The zero-order valence-corrected chi connectivity index (χ0v) is 21.8. The largest absolute Gasteiger partial charge is 0.573 e. The molecule has 5 aromatic rings. The van der Waals surface area contributed by atoms with Gasteiger partial charge in [0.2, 0.25) is 0 Å². The van der Waals surface area contributed by atoms with Crippen LogP contribution in [-0.4, -0.2) is 29.3 Å². The number of hydrogen-bond acceptors (Lipinski definition) is 5. The zero-order chi connectivity index (χ0) is 27.2. The van der Waals surface area contributed by atoms with Gasteiger partial charge in [-0.05, 0) is 68.8 Å². The number of methoxy groups -OCH3 is 1. The Hall–Kier alpha value is -3.85. The van der Waals surface area contributed by atoms with Crippen molar-refractivity contribution in [1.82, 2.24) is 9.72 Å². The van der Waals surface area contributed by atoms with Gasteiger partial charge in [-0.1, -0.05) is 16.8 Å². The van der Waals surface area contributed by atoms with Crippen LogP contribution in [0.25, 0.3) is 33.1 Å². The molecule has 0 unspecified atom stereocenters. The van der Waals surface area contributed by atoms with Crippen molar-refractivity contribution in [3.05, 3.63) is 70.9 Å². The first-order valence-electron chi connectivity index (χ1n) is 11.8. The molecule has 0 aliphatic heterocycles. The Balaban J connectivity index is 1.70. The number of alkyl halides is 3. The Kier molecular flexibility index (Phi) is 6.65. The van der Waals surface area contributed by atoms with Crippen molar-refractivity contribution >= 4 is 33.5 Å². The van der Waals surface area contributed by atoms with Gasteiger partial charge in [-0.25, -0.2) is 0 Å². The first-order chi connectivity index (χ1) is 18.0. The smallest absolute Gasteiger partial charge is 0.497 e. The highest BCUT2D eigenvalue weighted by Gasteiger charge is 2.31. The monoisotopic (exact) mass is 544 g/mol. The third-order valence-electron chi connectivity index (χ3n) is 6.16. The molecule has 0 bridgehead atoms. The van der Waals surface area contributed by atoms with Crippen molar-refractivity contribution in [2.24, 2.45) is 0 Å². The molecule has 5 rings (SSSR count). The lowest BCUT2D eigenvalue weighted by atomic mass is 10.0. The Morgan fingerprint density at radius 1 is 0.974 bits per heavy atom. The fourth-order valence-corrected chi connectivity index (χ4v) is 4.75. The van der Waals surface area contributed by atoms with Crippen molar-refractivity contribution in [2.75, 3.05) is 7.11 Å². The Morgan fingerprint density at radius 3 is 2.39 bits per heavy atom. The summed E-state index contributed by atoms with van der Waals surface area (Å²) in [5.74, 6) is 0.936. The fraction of sp³-hybridized carbons (Fsp3) is 0.250. The van der Waals surface area contributed by atoms with Crippen LogP contribution < -0.4 is 14.2 Å². The minimum atomic E-state index is -4.82. The van der Waals surface area contributed by atoms with Crippen LogP contribution in [0.15, 0.2) is 59.1 Å². The van der Waals surface area contributed by atoms with E-state index >= 15 is 0 Å². The number of benzene rings is 3. The summed E-state index contributed by atoms with van der Waals surface area (Å²) in [6.07, 6.45) is -4.86. The highest BCUT2D eigenvalue weighted by Crippen LogP contribution is 2.41. The molecule has 0 amide bonds. The third-order valence-corrected chi connectivity index (χ3v) is 6.53. The van der Waals surface area contributed by atoms with Crippen LogP contribution in [0, 0.1) is 6.92 Å². The van der Waals surface area contributed by atoms with E-state index in [0.717, 1.165) is 22.2 Å². The SMILES string of the molecule is COc1ccc2c(-c3c(C)n(Cc4cc(OC(C)C)ccc4Cl)c4cc(OC(F)(F)F)ccc34)noc2c1. The van der Waals surface area contributed by atoms with Crippen LogP contribution in [-0.2, 0) is 6.54 Å². The van der Waals surface area contributed by atoms with Gasteiger partial charge in [0.15, 0.2) is 5.58 Å². The Bertz CT molecular complexity index is 1640. The minimum Gasteiger partial charge on any atom is -0.497 e. The van der Waals surface area contributed by atoms with Crippen molar-refractivity contribution in [1.29, 1.82) is 0 Å². The Morgan fingerprint density at radius 2 is 1.68 bits per heavy atom. The second kappa shape index (κ2) is 9.79. The number of aromatic nitrogens is 2. The standard InChI is InChI=1S/C28H24ClF3N2O4/c1-15(2)36-19-7-10-23(29)17(11-19)14-34-16(3)26(21-8-6-20(12-24(21)34)37-28(30,31)32)27-22-9-5-18(35-4)13-25(22)38-33-27/h5-13,15H,14H2,1-4H3. The summed E-state index contributed by atoms with van der Waals surface area (Å²) in [4.78, 5) is 0. The van der Waals surface area contributed by atoms with Gasteiger partial charge in [-0.2, -0.15) is 0 Å². The summed E-state index contributed by atoms with van der Waals surface area (Å²) in [6, 6.07) is 15.0. The second-order valence-corrected chi connectivity index (χ2v) is 9.49. The van der Waals surface area contributed by atoms with Gasteiger partial charge in [-0.3, -0.25) is 0 Å². The number of ether oxygens (including phenoxy) is 3. The summed E-state index contributed by atoms with van der Waals surface area (Å²) in [5, 5.41) is 6.26. The molecule has 10 heteroatoms. The molecule has 0 atom stereocenters. The van der Waals surface area contributed by atoms with E-state index in [0.29, 0.717) is 38.7 Å². The van der Waals surface area contributed by atoms with E-state index in [1.807, 2.05) is 37.5 Å². The molecular formula is C28H24ClF3N2O4. The van der Waals surface area contributed by atoms with Crippen molar-refractivity contribution in [2.45, 2.75) is 39.8 Å². The average Bonchev–Trinajstić information content (AvgIpc) is 3.37. The predicted octanol–water partition coefficient (Wildman–Crippen LogP) is 8.15. The molecule has 0 aliphatic rings. The molecule has 0 aliphatic carbocycles. The molecule has 3 aromatic carbocycles. The highest BCUT2D eigenvalue weighted by atomic mass is 35.5. The second-order valence-electron chi connectivity index (χ2n) is 9.09. The van der Waals surface area contributed by atoms with Crippen molar-refractivity contribution < 1.29 is 31.9 Å². The van der Waals surface area contributed by atoms with Gasteiger partial charge >= 0.3 is 6.36 Å². The number of halogens is 4. The van der Waals surface area contributed by atoms with E-state index in [2.05, 4.69) is 9.89 Å². The van der Waals surface area contributed by atoms with E-state index in [4.69, 9.17) is 25.6 Å². The number of hydrogen-bond donors (Lipinski definition) is 0. The van der Waals surface area contributed by atoms with Crippen molar-refractivity contribution in [3.63, 3.8) is 0 Å².